The summed E-state index contributed by atoms with van der Waals surface area (Å²) < 4.78 is 5.23. The van der Waals surface area contributed by atoms with E-state index in [1.165, 1.54) is 0 Å². The standard InChI is InChI=1S/C15H21N3O3/c1-11-3-4-13(12(2)9-11)16-15(20)17-14(19)10-18-5-7-21-8-6-18/h3-4,9H,5-8,10H2,1-2H3,(H2,16,17,19,20)/p+1. The summed E-state index contributed by atoms with van der Waals surface area (Å²) >= 11 is 0. The van der Waals surface area contributed by atoms with Gasteiger partial charge in [0.15, 0.2) is 6.54 Å². The number of morpholine rings is 1. The number of hydrogen-bond acceptors (Lipinski definition) is 3. The third kappa shape index (κ3) is 4.84. The van der Waals surface area contributed by atoms with E-state index in [1.54, 1.807) is 0 Å². The van der Waals surface area contributed by atoms with Gasteiger partial charge in [0.2, 0.25) is 0 Å². The molecule has 0 radical (unpaired) electrons. The third-order valence-corrected chi connectivity index (χ3v) is 3.49. The van der Waals surface area contributed by atoms with Crippen molar-refractivity contribution < 1.29 is 19.2 Å². The van der Waals surface area contributed by atoms with E-state index in [0.717, 1.165) is 29.1 Å². The van der Waals surface area contributed by atoms with E-state index in [2.05, 4.69) is 10.6 Å². The molecule has 1 aliphatic heterocycles. The van der Waals surface area contributed by atoms with Crippen molar-refractivity contribution in [2.75, 3.05) is 38.2 Å². The number of carbonyl (C=O) groups is 2. The predicted molar refractivity (Wildman–Crippen MR) is 79.5 cm³/mol. The molecular weight excluding hydrogens is 270 g/mol. The molecule has 0 saturated carbocycles. The number of anilines is 1. The van der Waals surface area contributed by atoms with Gasteiger partial charge in [-0.25, -0.2) is 4.79 Å². The fourth-order valence-electron chi connectivity index (χ4n) is 2.34. The second-order valence-electron chi connectivity index (χ2n) is 5.36. The lowest BCUT2D eigenvalue weighted by atomic mass is 10.1. The van der Waals surface area contributed by atoms with Crippen molar-refractivity contribution in [1.29, 1.82) is 0 Å². The van der Waals surface area contributed by atoms with Crippen molar-refractivity contribution in [2.24, 2.45) is 0 Å². The van der Waals surface area contributed by atoms with Gasteiger partial charge in [0.25, 0.3) is 5.91 Å². The maximum Gasteiger partial charge on any atom is 0.326 e. The van der Waals surface area contributed by atoms with Gasteiger partial charge >= 0.3 is 6.03 Å². The Bertz CT molecular complexity index is 525. The summed E-state index contributed by atoms with van der Waals surface area (Å²) in [6.07, 6.45) is 0. The average molecular weight is 292 g/mol. The van der Waals surface area contributed by atoms with Gasteiger partial charge in [-0.05, 0) is 25.5 Å². The maximum atomic E-state index is 11.8. The SMILES string of the molecule is Cc1ccc(NC(=O)NC(=O)C[NH+]2CCOCC2)c(C)c1. The summed E-state index contributed by atoms with van der Waals surface area (Å²) in [7, 11) is 0. The maximum absolute atomic E-state index is 11.8. The lowest BCUT2D eigenvalue weighted by Crippen LogP contribution is -3.15. The summed E-state index contributed by atoms with van der Waals surface area (Å²) in [4.78, 5) is 24.8. The molecule has 1 saturated heterocycles. The molecule has 21 heavy (non-hydrogen) atoms. The number of aryl methyl sites for hydroxylation is 2. The number of rotatable bonds is 3. The topological polar surface area (TPSA) is 71.9 Å². The van der Waals surface area contributed by atoms with Crippen LogP contribution in [0.25, 0.3) is 0 Å². The molecule has 6 nitrogen and oxygen atoms in total. The minimum Gasteiger partial charge on any atom is -0.370 e. The van der Waals surface area contributed by atoms with Crippen LogP contribution in [0.4, 0.5) is 10.5 Å². The van der Waals surface area contributed by atoms with Crippen LogP contribution in [0.1, 0.15) is 11.1 Å². The first-order valence-corrected chi connectivity index (χ1v) is 7.14. The molecule has 1 aromatic carbocycles. The first-order chi connectivity index (χ1) is 10.0. The number of nitrogens with one attached hydrogen (secondary N) is 3. The van der Waals surface area contributed by atoms with Crippen molar-refractivity contribution in [3.05, 3.63) is 29.3 Å². The van der Waals surface area contributed by atoms with Gasteiger partial charge in [-0.15, -0.1) is 0 Å². The molecule has 3 N–H and O–H groups in total. The highest BCUT2D eigenvalue weighted by Crippen LogP contribution is 2.15. The van der Waals surface area contributed by atoms with E-state index in [9.17, 15) is 9.59 Å². The zero-order chi connectivity index (χ0) is 15.2. The van der Waals surface area contributed by atoms with Crippen LogP contribution in [0.15, 0.2) is 18.2 Å². The lowest BCUT2D eigenvalue weighted by Gasteiger charge is -2.22. The van der Waals surface area contributed by atoms with Gasteiger partial charge in [0, 0.05) is 5.69 Å². The Morgan fingerprint density at radius 1 is 1.24 bits per heavy atom. The fourth-order valence-corrected chi connectivity index (χ4v) is 2.34. The third-order valence-electron chi connectivity index (χ3n) is 3.49. The van der Waals surface area contributed by atoms with Crippen molar-refractivity contribution in [3.8, 4) is 0 Å². The van der Waals surface area contributed by atoms with Crippen LogP contribution >= 0.6 is 0 Å². The van der Waals surface area contributed by atoms with E-state index >= 15 is 0 Å². The summed E-state index contributed by atoms with van der Waals surface area (Å²) in [5, 5.41) is 5.07. The van der Waals surface area contributed by atoms with Crippen LogP contribution in [0.5, 0.6) is 0 Å². The molecule has 1 aliphatic rings. The van der Waals surface area contributed by atoms with Crippen LogP contribution in [0, 0.1) is 13.8 Å². The molecule has 0 spiro atoms. The molecule has 6 heteroatoms. The molecule has 1 heterocycles. The van der Waals surface area contributed by atoms with Crippen LogP contribution in [-0.4, -0.2) is 44.8 Å². The molecular formula is C15H22N3O3+. The first-order valence-electron chi connectivity index (χ1n) is 7.14. The average Bonchev–Trinajstić information content (AvgIpc) is 2.43. The predicted octanol–water partition coefficient (Wildman–Crippen LogP) is -0.133. The number of carbonyl (C=O) groups excluding carboxylic acids is 2. The number of benzene rings is 1. The smallest absolute Gasteiger partial charge is 0.326 e. The normalized spacial score (nSPS) is 15.5. The van der Waals surface area contributed by atoms with Gasteiger partial charge in [0.1, 0.15) is 13.1 Å². The van der Waals surface area contributed by atoms with Gasteiger partial charge in [0.05, 0.1) is 13.2 Å². The van der Waals surface area contributed by atoms with Crippen LogP contribution < -0.4 is 15.5 Å². The molecule has 0 unspecified atom stereocenters. The van der Waals surface area contributed by atoms with E-state index < -0.39 is 6.03 Å². The van der Waals surface area contributed by atoms with Crippen molar-refractivity contribution in [3.63, 3.8) is 0 Å². The molecule has 0 aliphatic carbocycles. The Labute approximate surface area is 124 Å². The van der Waals surface area contributed by atoms with Gasteiger partial charge in [-0.2, -0.15) is 0 Å². The molecule has 0 atom stereocenters. The van der Waals surface area contributed by atoms with E-state index in [0.29, 0.717) is 25.4 Å². The largest absolute Gasteiger partial charge is 0.370 e. The number of quaternary nitrogens is 1. The van der Waals surface area contributed by atoms with E-state index in [-0.39, 0.29) is 5.91 Å². The second-order valence-corrected chi connectivity index (χ2v) is 5.36. The van der Waals surface area contributed by atoms with Gasteiger partial charge < -0.3 is 15.0 Å². The summed E-state index contributed by atoms with van der Waals surface area (Å²) in [5.41, 5.74) is 2.81. The quantitative estimate of drug-likeness (QED) is 0.726. The summed E-state index contributed by atoms with van der Waals surface area (Å²) in [5.74, 6) is -0.269. The number of urea groups is 1. The van der Waals surface area contributed by atoms with E-state index in [4.69, 9.17) is 4.74 Å². The van der Waals surface area contributed by atoms with Crippen molar-refractivity contribution in [1.82, 2.24) is 5.32 Å². The molecule has 3 amide bonds. The highest BCUT2D eigenvalue weighted by atomic mass is 16.5. The molecule has 0 bridgehead atoms. The van der Waals surface area contributed by atoms with E-state index in [1.807, 2.05) is 32.0 Å². The number of ether oxygens (including phenoxy) is 1. The fraction of sp³-hybridized carbons (Fsp3) is 0.467. The number of hydrogen-bond donors (Lipinski definition) is 3. The van der Waals surface area contributed by atoms with Gasteiger partial charge in [-0.1, -0.05) is 17.7 Å². The number of amides is 3. The van der Waals surface area contributed by atoms with Crippen molar-refractivity contribution in [2.45, 2.75) is 13.8 Å². The van der Waals surface area contributed by atoms with Crippen molar-refractivity contribution >= 4 is 17.6 Å². The highest BCUT2D eigenvalue weighted by molar-refractivity contribution is 6.01. The molecule has 1 fully saturated rings. The zero-order valence-corrected chi connectivity index (χ0v) is 12.5. The molecule has 114 valence electrons. The molecule has 0 aromatic heterocycles. The Kier molecular flexibility index (Phi) is 5.30. The monoisotopic (exact) mass is 292 g/mol. The molecule has 2 rings (SSSR count). The highest BCUT2D eigenvalue weighted by Gasteiger charge is 2.19. The minimum atomic E-state index is -0.486. The Morgan fingerprint density at radius 3 is 2.62 bits per heavy atom. The van der Waals surface area contributed by atoms with Crippen LogP contribution in [-0.2, 0) is 9.53 Å². The minimum absolute atomic E-state index is 0.269. The van der Waals surface area contributed by atoms with Crippen LogP contribution in [0.3, 0.4) is 0 Å². The summed E-state index contributed by atoms with van der Waals surface area (Å²) in [6, 6.07) is 5.25. The lowest BCUT2D eigenvalue weighted by molar-refractivity contribution is -0.900. The Hall–Kier alpha value is -1.92. The summed E-state index contributed by atoms with van der Waals surface area (Å²) in [6.45, 7) is 7.13. The number of imide groups is 1. The Balaban J connectivity index is 1.81. The zero-order valence-electron chi connectivity index (χ0n) is 12.5. The molecule has 1 aromatic rings. The first kappa shape index (κ1) is 15.5. The van der Waals surface area contributed by atoms with Crippen LogP contribution in [0.2, 0.25) is 0 Å². The second kappa shape index (κ2) is 7.19. The van der Waals surface area contributed by atoms with Gasteiger partial charge in [-0.3, -0.25) is 10.1 Å². The Morgan fingerprint density at radius 2 is 1.95 bits per heavy atom.